The van der Waals surface area contributed by atoms with Crippen molar-refractivity contribution in [3.8, 4) is 0 Å². The number of aliphatic hydroxyl groups excluding tert-OH is 1. The molecule has 0 spiro atoms. The lowest BCUT2D eigenvalue weighted by Gasteiger charge is -2.20. The monoisotopic (exact) mass is 959 g/mol. The lowest BCUT2D eigenvalue weighted by molar-refractivity contribution is -0.166. The number of carbonyl (C=O) groups excluding carboxylic acids is 3. The molecule has 0 aliphatic heterocycles. The van der Waals surface area contributed by atoms with Gasteiger partial charge in [0.1, 0.15) is 12.7 Å². The van der Waals surface area contributed by atoms with Gasteiger partial charge in [-0.15, -0.1) is 0 Å². The summed E-state index contributed by atoms with van der Waals surface area (Å²) in [6.45, 7) is 6.24. The summed E-state index contributed by atoms with van der Waals surface area (Å²) < 4.78 is 22.7. The van der Waals surface area contributed by atoms with Crippen molar-refractivity contribution in [2.45, 2.75) is 303 Å². The van der Waals surface area contributed by atoms with Crippen LogP contribution in [-0.2, 0) is 33.3 Å². The Labute approximate surface area is 420 Å². The molecule has 0 aliphatic rings. The van der Waals surface area contributed by atoms with Gasteiger partial charge < -0.3 is 24.1 Å². The fourth-order valence-electron chi connectivity index (χ4n) is 8.34. The highest BCUT2D eigenvalue weighted by molar-refractivity contribution is 5.70. The number of aliphatic hydroxyl groups is 1. The van der Waals surface area contributed by atoms with Crippen LogP contribution in [0.15, 0.2) is 36.5 Å². The average Bonchev–Trinajstić information content (AvgIpc) is 3.33. The van der Waals surface area contributed by atoms with E-state index in [-0.39, 0.29) is 44.3 Å². The van der Waals surface area contributed by atoms with Crippen LogP contribution in [0, 0.1) is 0 Å². The summed E-state index contributed by atoms with van der Waals surface area (Å²) in [5.74, 6) is -0.994. The Hall–Kier alpha value is -2.45. The lowest BCUT2D eigenvalue weighted by Crippen LogP contribution is -2.33. The third kappa shape index (κ3) is 51.4. The molecule has 0 bridgehead atoms. The van der Waals surface area contributed by atoms with Gasteiger partial charge >= 0.3 is 17.9 Å². The molecule has 1 N–H and O–H groups in total. The first-order chi connectivity index (χ1) is 33.5. The standard InChI is InChI=1S/C60H110O8/c1-4-7-10-13-16-19-22-25-28-31-34-37-40-43-46-49-58(62)66-55-57(68-60(64)51-48-45-42-39-36-33-30-27-24-21-18-15-12-9-6-3)54-65-53-56(52-61)67-59(63)50-47-44-41-38-35-32-29-26-23-20-17-14-11-8-5-2/h25-30,56-57,61H,4-24,31-55H2,1-3H3/b28-25-,29-26-,30-27-. The quantitative estimate of drug-likeness (QED) is 0.0278. The van der Waals surface area contributed by atoms with Crippen LogP contribution < -0.4 is 0 Å². The van der Waals surface area contributed by atoms with Crippen LogP contribution in [-0.4, -0.2) is 61.6 Å². The van der Waals surface area contributed by atoms with Crippen molar-refractivity contribution >= 4 is 17.9 Å². The van der Waals surface area contributed by atoms with Crippen molar-refractivity contribution in [1.82, 2.24) is 0 Å². The van der Waals surface area contributed by atoms with Gasteiger partial charge in [-0.3, -0.25) is 14.4 Å². The van der Waals surface area contributed by atoms with Crippen molar-refractivity contribution in [3.05, 3.63) is 36.5 Å². The fourth-order valence-corrected chi connectivity index (χ4v) is 8.34. The molecule has 2 unspecified atom stereocenters. The molecule has 0 aromatic heterocycles. The van der Waals surface area contributed by atoms with Gasteiger partial charge in [-0.1, -0.05) is 211 Å². The van der Waals surface area contributed by atoms with E-state index >= 15 is 0 Å². The maximum atomic E-state index is 12.9. The molecule has 0 fully saturated rings. The second-order valence-corrected chi connectivity index (χ2v) is 19.6. The maximum absolute atomic E-state index is 12.9. The number of hydrogen-bond acceptors (Lipinski definition) is 8. The molecule has 0 aromatic carbocycles. The zero-order chi connectivity index (χ0) is 49.5. The van der Waals surface area contributed by atoms with Crippen molar-refractivity contribution in [1.29, 1.82) is 0 Å². The van der Waals surface area contributed by atoms with Gasteiger partial charge in [-0.05, 0) is 96.3 Å². The summed E-state index contributed by atoms with van der Waals surface area (Å²) in [5, 5.41) is 9.94. The summed E-state index contributed by atoms with van der Waals surface area (Å²) in [4.78, 5) is 38.1. The Balaban J connectivity index is 4.55. The number of carbonyl (C=O) groups is 3. The molecule has 2 atom stereocenters. The van der Waals surface area contributed by atoms with Gasteiger partial charge in [-0.2, -0.15) is 0 Å². The first-order valence-electron chi connectivity index (χ1n) is 29.1. The van der Waals surface area contributed by atoms with E-state index < -0.39 is 12.2 Å². The summed E-state index contributed by atoms with van der Waals surface area (Å²) in [7, 11) is 0. The minimum atomic E-state index is -0.818. The second-order valence-electron chi connectivity index (χ2n) is 19.6. The molecule has 8 heteroatoms. The molecule has 0 heterocycles. The van der Waals surface area contributed by atoms with E-state index in [1.54, 1.807) is 0 Å². The van der Waals surface area contributed by atoms with Crippen LogP contribution in [0.5, 0.6) is 0 Å². The number of esters is 3. The molecule has 0 saturated carbocycles. The van der Waals surface area contributed by atoms with Crippen molar-refractivity contribution in [3.63, 3.8) is 0 Å². The Kier molecular flexibility index (Phi) is 53.5. The van der Waals surface area contributed by atoms with E-state index in [1.165, 1.54) is 154 Å². The van der Waals surface area contributed by atoms with Crippen molar-refractivity contribution in [2.24, 2.45) is 0 Å². The van der Waals surface area contributed by atoms with Crippen LogP contribution >= 0.6 is 0 Å². The minimum absolute atomic E-state index is 0.0267. The number of rotatable bonds is 54. The van der Waals surface area contributed by atoms with E-state index in [2.05, 4.69) is 57.2 Å². The predicted molar refractivity (Wildman–Crippen MR) is 287 cm³/mol. The Morgan fingerprint density at radius 3 is 0.926 bits per heavy atom. The molecular formula is C60H110O8. The Morgan fingerprint density at radius 2 is 0.603 bits per heavy atom. The molecule has 68 heavy (non-hydrogen) atoms. The van der Waals surface area contributed by atoms with Crippen LogP contribution in [0.1, 0.15) is 290 Å². The van der Waals surface area contributed by atoms with Crippen LogP contribution in [0.3, 0.4) is 0 Å². The smallest absolute Gasteiger partial charge is 0.306 e. The van der Waals surface area contributed by atoms with E-state index in [4.69, 9.17) is 18.9 Å². The van der Waals surface area contributed by atoms with Crippen LogP contribution in [0.4, 0.5) is 0 Å². The third-order valence-electron chi connectivity index (χ3n) is 12.8. The van der Waals surface area contributed by atoms with Gasteiger partial charge in [-0.25, -0.2) is 0 Å². The van der Waals surface area contributed by atoms with E-state index in [9.17, 15) is 19.5 Å². The molecule has 0 aromatic rings. The first-order valence-corrected chi connectivity index (χ1v) is 29.1. The molecule has 0 saturated heterocycles. The van der Waals surface area contributed by atoms with Crippen molar-refractivity contribution in [2.75, 3.05) is 26.4 Å². The molecular weight excluding hydrogens is 849 g/mol. The van der Waals surface area contributed by atoms with E-state index in [0.29, 0.717) is 19.3 Å². The molecule has 398 valence electrons. The lowest BCUT2D eigenvalue weighted by atomic mass is 10.1. The Morgan fingerprint density at radius 1 is 0.338 bits per heavy atom. The number of unbranched alkanes of at least 4 members (excludes halogenated alkanes) is 33. The summed E-state index contributed by atoms with van der Waals surface area (Å²) in [6, 6.07) is 0. The highest BCUT2D eigenvalue weighted by atomic mass is 16.6. The summed E-state index contributed by atoms with van der Waals surface area (Å²) >= 11 is 0. The number of ether oxygens (including phenoxy) is 4. The molecule has 0 rings (SSSR count). The SMILES string of the molecule is CCCCCCCC/C=C\CCCCCCCC(=O)OCC(COCC(CO)OC(=O)CCCCCCC/C=C\CCCCCCCC)OC(=O)CCCCCCC/C=C\CCCCCCCC. The molecule has 0 radical (unpaired) electrons. The minimum Gasteiger partial charge on any atom is -0.462 e. The number of allylic oxidation sites excluding steroid dienone is 6. The summed E-state index contributed by atoms with van der Waals surface area (Å²) in [5.41, 5.74) is 0. The normalized spacial score (nSPS) is 12.7. The molecule has 0 aliphatic carbocycles. The number of hydrogen-bond donors (Lipinski definition) is 1. The maximum Gasteiger partial charge on any atom is 0.306 e. The van der Waals surface area contributed by atoms with Crippen molar-refractivity contribution < 1.29 is 38.4 Å². The van der Waals surface area contributed by atoms with Gasteiger partial charge in [0.2, 0.25) is 0 Å². The van der Waals surface area contributed by atoms with E-state index in [1.807, 2.05) is 0 Å². The van der Waals surface area contributed by atoms with Crippen LogP contribution in [0.25, 0.3) is 0 Å². The van der Waals surface area contributed by atoms with Gasteiger partial charge in [0.15, 0.2) is 6.10 Å². The highest BCUT2D eigenvalue weighted by Gasteiger charge is 2.20. The zero-order valence-corrected chi connectivity index (χ0v) is 45.0. The largest absolute Gasteiger partial charge is 0.462 e. The van der Waals surface area contributed by atoms with Crippen LogP contribution in [0.2, 0.25) is 0 Å². The predicted octanol–water partition coefficient (Wildman–Crippen LogP) is 17.5. The van der Waals surface area contributed by atoms with Gasteiger partial charge in [0, 0.05) is 19.3 Å². The first kappa shape index (κ1) is 65.5. The second kappa shape index (κ2) is 55.5. The molecule has 0 amide bonds. The fraction of sp³-hybridized carbons (Fsp3) is 0.850. The van der Waals surface area contributed by atoms with Gasteiger partial charge in [0.25, 0.3) is 0 Å². The van der Waals surface area contributed by atoms with E-state index in [0.717, 1.165) is 96.3 Å². The third-order valence-corrected chi connectivity index (χ3v) is 12.8. The van der Waals surface area contributed by atoms with Gasteiger partial charge in [0.05, 0.1) is 19.8 Å². The topological polar surface area (TPSA) is 108 Å². The highest BCUT2D eigenvalue weighted by Crippen LogP contribution is 2.15. The Bertz CT molecular complexity index is 1160. The zero-order valence-electron chi connectivity index (χ0n) is 45.0. The molecule has 8 nitrogen and oxygen atoms in total. The summed E-state index contributed by atoms with van der Waals surface area (Å²) in [6.07, 6.45) is 59.7. The average molecular weight is 960 g/mol.